The van der Waals surface area contributed by atoms with Crippen LogP contribution in [0.15, 0.2) is 48.8 Å². The molecule has 0 N–H and O–H groups in total. The monoisotopic (exact) mass is 417 g/mol. The molecule has 0 bridgehead atoms. The Morgan fingerprint density at radius 1 is 1.10 bits per heavy atom. The molecule has 162 valence electrons. The minimum Gasteiger partial charge on any atom is -0.378 e. The fraction of sp³-hybridized carbons (Fsp3) is 0.462. The number of nitrogens with zero attached hydrogens (tertiary/aromatic N) is 3. The van der Waals surface area contributed by atoms with Crippen LogP contribution >= 0.6 is 0 Å². The van der Waals surface area contributed by atoms with Gasteiger partial charge in [-0.1, -0.05) is 29.8 Å². The van der Waals surface area contributed by atoms with E-state index < -0.39 is 0 Å². The first kappa shape index (κ1) is 20.3. The van der Waals surface area contributed by atoms with Gasteiger partial charge in [0.25, 0.3) is 5.91 Å². The van der Waals surface area contributed by atoms with Gasteiger partial charge in [-0.3, -0.25) is 9.78 Å². The van der Waals surface area contributed by atoms with E-state index in [1.165, 1.54) is 36.8 Å². The van der Waals surface area contributed by atoms with E-state index in [0.717, 1.165) is 23.1 Å². The largest absolute Gasteiger partial charge is 0.378 e. The maximum atomic E-state index is 13.2. The van der Waals surface area contributed by atoms with Crippen molar-refractivity contribution in [2.75, 3.05) is 26.3 Å². The Morgan fingerprint density at radius 2 is 1.90 bits per heavy atom. The van der Waals surface area contributed by atoms with Crippen molar-refractivity contribution in [2.45, 2.75) is 45.1 Å². The van der Waals surface area contributed by atoms with E-state index in [1.54, 1.807) is 6.20 Å². The Balaban J connectivity index is 1.31. The van der Waals surface area contributed by atoms with E-state index in [1.807, 2.05) is 17.2 Å². The minimum absolute atomic E-state index is 0.0777. The summed E-state index contributed by atoms with van der Waals surface area (Å²) < 4.78 is 7.68. The number of amides is 1. The van der Waals surface area contributed by atoms with Crippen molar-refractivity contribution in [2.24, 2.45) is 5.92 Å². The number of hydrogen-bond donors (Lipinski definition) is 0. The van der Waals surface area contributed by atoms with Gasteiger partial charge in [0.05, 0.1) is 24.3 Å². The van der Waals surface area contributed by atoms with Gasteiger partial charge in [0.15, 0.2) is 0 Å². The summed E-state index contributed by atoms with van der Waals surface area (Å²) in [4.78, 5) is 19.6. The van der Waals surface area contributed by atoms with E-state index in [-0.39, 0.29) is 5.91 Å². The van der Waals surface area contributed by atoms with Gasteiger partial charge in [0.2, 0.25) is 0 Å². The van der Waals surface area contributed by atoms with Crippen molar-refractivity contribution in [1.82, 2.24) is 14.5 Å². The number of carbonyl (C=O) groups is 1. The first-order valence-corrected chi connectivity index (χ1v) is 11.6. The molecule has 1 aliphatic carbocycles. The highest BCUT2D eigenvalue weighted by Gasteiger charge is 2.26. The zero-order valence-corrected chi connectivity index (χ0v) is 18.3. The van der Waals surface area contributed by atoms with Gasteiger partial charge in [-0.15, -0.1) is 0 Å². The third-order valence-corrected chi connectivity index (χ3v) is 6.98. The molecule has 3 heterocycles. The fourth-order valence-electron chi connectivity index (χ4n) is 5.25. The molecule has 1 amide bonds. The minimum atomic E-state index is 0.0777. The lowest BCUT2D eigenvalue weighted by Crippen LogP contribution is -2.40. The number of carbonyl (C=O) groups excluding carboxylic acids is 1. The lowest BCUT2D eigenvalue weighted by Gasteiger charge is -2.29. The summed E-state index contributed by atoms with van der Waals surface area (Å²) in [6.07, 6.45) is 8.77. The van der Waals surface area contributed by atoms with Crippen LogP contribution < -0.4 is 0 Å². The van der Waals surface area contributed by atoms with Crippen molar-refractivity contribution in [3.63, 3.8) is 0 Å². The number of morpholine rings is 1. The van der Waals surface area contributed by atoms with Crippen molar-refractivity contribution in [1.29, 1.82) is 0 Å². The maximum Gasteiger partial charge on any atom is 0.257 e. The molecule has 3 aromatic rings. The molecule has 2 fully saturated rings. The number of pyridine rings is 1. The quantitative estimate of drug-likeness (QED) is 0.613. The van der Waals surface area contributed by atoms with Crippen molar-refractivity contribution in [3.8, 4) is 0 Å². The Kier molecular flexibility index (Phi) is 5.77. The second-order valence-electron chi connectivity index (χ2n) is 9.10. The van der Waals surface area contributed by atoms with Crippen LogP contribution in [0.1, 0.15) is 53.1 Å². The summed E-state index contributed by atoms with van der Waals surface area (Å²) in [5.74, 6) is 1.40. The number of hydrogen-bond acceptors (Lipinski definition) is 3. The van der Waals surface area contributed by atoms with Gasteiger partial charge in [0, 0.05) is 32.0 Å². The zero-order valence-electron chi connectivity index (χ0n) is 18.3. The normalized spacial score (nSPS) is 22.0. The Bertz CT molecular complexity index is 1060. The molecule has 1 saturated carbocycles. The molecule has 2 aliphatic rings. The SMILES string of the molecule is Cc1cccc(C2CCC(Cn3cc(C(=O)N4CCOCC4)c4ncccc43)CC2)c1. The molecule has 1 aromatic carbocycles. The van der Waals surface area contributed by atoms with Crippen LogP contribution in [0.25, 0.3) is 11.0 Å². The summed E-state index contributed by atoms with van der Waals surface area (Å²) in [5.41, 5.74) is 5.47. The molecule has 31 heavy (non-hydrogen) atoms. The first-order chi connectivity index (χ1) is 15.2. The number of rotatable bonds is 4. The van der Waals surface area contributed by atoms with Gasteiger partial charge in [-0.25, -0.2) is 0 Å². The van der Waals surface area contributed by atoms with Crippen LogP contribution in [-0.2, 0) is 11.3 Å². The summed E-state index contributed by atoms with van der Waals surface area (Å²) in [7, 11) is 0. The summed E-state index contributed by atoms with van der Waals surface area (Å²) >= 11 is 0. The van der Waals surface area contributed by atoms with Gasteiger partial charge in [-0.2, -0.15) is 0 Å². The van der Waals surface area contributed by atoms with Crippen LogP contribution in [-0.4, -0.2) is 46.7 Å². The average Bonchev–Trinajstić information content (AvgIpc) is 3.18. The van der Waals surface area contributed by atoms with Gasteiger partial charge >= 0.3 is 0 Å². The van der Waals surface area contributed by atoms with E-state index in [2.05, 4.69) is 46.8 Å². The average molecular weight is 418 g/mol. The van der Waals surface area contributed by atoms with E-state index in [9.17, 15) is 4.79 Å². The van der Waals surface area contributed by atoms with Crippen LogP contribution in [0.2, 0.25) is 0 Å². The van der Waals surface area contributed by atoms with Crippen LogP contribution in [0.4, 0.5) is 0 Å². The molecule has 1 aliphatic heterocycles. The standard InChI is InChI=1S/C26H31N3O2/c1-19-4-2-5-22(16-19)21-9-7-20(8-10-21)17-29-18-23(25-24(29)6-3-11-27-25)26(30)28-12-14-31-15-13-28/h2-6,11,16,18,20-21H,7-10,12-15,17H2,1H3. The van der Waals surface area contributed by atoms with Crippen molar-refractivity contribution < 1.29 is 9.53 Å². The summed E-state index contributed by atoms with van der Waals surface area (Å²) in [6.45, 7) is 5.67. The predicted octanol–water partition coefficient (Wildman–Crippen LogP) is 4.79. The van der Waals surface area contributed by atoms with E-state index in [0.29, 0.717) is 38.1 Å². The topological polar surface area (TPSA) is 47.4 Å². The second-order valence-corrected chi connectivity index (χ2v) is 9.10. The molecule has 5 nitrogen and oxygen atoms in total. The van der Waals surface area contributed by atoms with Gasteiger partial charge in [-0.05, 0) is 62.1 Å². The third kappa shape index (κ3) is 4.24. The lowest BCUT2D eigenvalue weighted by molar-refractivity contribution is 0.0304. The Hall–Kier alpha value is -2.66. The Morgan fingerprint density at radius 3 is 2.68 bits per heavy atom. The molecule has 0 radical (unpaired) electrons. The van der Waals surface area contributed by atoms with Gasteiger partial charge in [0.1, 0.15) is 5.52 Å². The number of benzene rings is 1. The zero-order chi connectivity index (χ0) is 21.2. The van der Waals surface area contributed by atoms with E-state index in [4.69, 9.17) is 4.74 Å². The molecule has 5 rings (SSSR count). The highest BCUT2D eigenvalue weighted by atomic mass is 16.5. The summed E-state index contributed by atoms with van der Waals surface area (Å²) in [5, 5.41) is 0. The van der Waals surface area contributed by atoms with E-state index >= 15 is 0 Å². The number of aryl methyl sites for hydroxylation is 1. The molecule has 0 atom stereocenters. The first-order valence-electron chi connectivity index (χ1n) is 11.6. The molecular formula is C26H31N3O2. The van der Waals surface area contributed by atoms with Crippen molar-refractivity contribution in [3.05, 3.63) is 65.5 Å². The lowest BCUT2D eigenvalue weighted by atomic mass is 9.78. The molecule has 1 saturated heterocycles. The van der Waals surface area contributed by atoms with Crippen molar-refractivity contribution >= 4 is 16.9 Å². The highest BCUT2D eigenvalue weighted by molar-refractivity contribution is 6.05. The summed E-state index contributed by atoms with van der Waals surface area (Å²) in [6, 6.07) is 13.1. The molecular weight excluding hydrogens is 386 g/mol. The van der Waals surface area contributed by atoms with Crippen LogP contribution in [0.3, 0.4) is 0 Å². The smallest absolute Gasteiger partial charge is 0.257 e. The highest BCUT2D eigenvalue weighted by Crippen LogP contribution is 2.37. The number of aromatic nitrogens is 2. The molecule has 0 spiro atoms. The number of fused-ring (bicyclic) bond motifs is 1. The maximum absolute atomic E-state index is 13.2. The number of ether oxygens (including phenoxy) is 1. The fourth-order valence-corrected chi connectivity index (χ4v) is 5.25. The molecule has 0 unspecified atom stereocenters. The molecule has 5 heteroatoms. The van der Waals surface area contributed by atoms with Crippen LogP contribution in [0.5, 0.6) is 0 Å². The van der Waals surface area contributed by atoms with Gasteiger partial charge < -0.3 is 14.2 Å². The van der Waals surface area contributed by atoms with Crippen LogP contribution in [0, 0.1) is 12.8 Å². The second kappa shape index (κ2) is 8.83. The predicted molar refractivity (Wildman–Crippen MR) is 122 cm³/mol. The third-order valence-electron chi connectivity index (χ3n) is 6.98. The molecule has 2 aromatic heterocycles. The Labute approximate surface area is 184 Å².